The number of aromatic carboxylic acids is 1. The van der Waals surface area contributed by atoms with Crippen LogP contribution in [0.5, 0.6) is 0 Å². The van der Waals surface area contributed by atoms with Crippen LogP contribution in [0.3, 0.4) is 0 Å². The van der Waals surface area contributed by atoms with Gasteiger partial charge in [-0.25, -0.2) is 9.78 Å². The summed E-state index contributed by atoms with van der Waals surface area (Å²) in [7, 11) is 0. The van der Waals surface area contributed by atoms with Crippen LogP contribution in [-0.4, -0.2) is 22.9 Å². The van der Waals surface area contributed by atoms with E-state index in [1.165, 1.54) is 36.7 Å². The minimum Gasteiger partial charge on any atom is -0.545 e. The molecule has 0 saturated carbocycles. The van der Waals surface area contributed by atoms with Crippen molar-refractivity contribution in [3.05, 3.63) is 58.9 Å². The van der Waals surface area contributed by atoms with Crippen molar-refractivity contribution in [2.75, 3.05) is 5.32 Å². The Morgan fingerprint density at radius 3 is 2.58 bits per heavy atom. The second-order valence-electron chi connectivity index (χ2n) is 4.93. The molecule has 2 N–H and O–H groups in total. The number of hydrogen-bond acceptors (Lipinski definition) is 6. The van der Waals surface area contributed by atoms with Crippen LogP contribution in [0.1, 0.15) is 20.7 Å². The van der Waals surface area contributed by atoms with E-state index in [0.29, 0.717) is 11.1 Å². The first-order valence-corrected chi connectivity index (χ1v) is 7.28. The van der Waals surface area contributed by atoms with Crippen LogP contribution in [0.4, 0.5) is 10.5 Å². The van der Waals surface area contributed by atoms with Gasteiger partial charge in [0.1, 0.15) is 5.52 Å². The number of aromatic nitrogens is 1. The molecule has 3 rings (SSSR count). The molecule has 26 heavy (non-hydrogen) atoms. The topological polar surface area (TPSA) is 124 Å². The molecule has 126 valence electrons. The molecule has 3 amide bonds. The first-order chi connectivity index (χ1) is 11.9. The van der Waals surface area contributed by atoms with E-state index in [0.717, 1.165) is 0 Å². The van der Waals surface area contributed by atoms with Gasteiger partial charge in [0.05, 0.1) is 11.0 Å². The first kappa shape index (κ1) is 19.9. The van der Waals surface area contributed by atoms with E-state index in [9.17, 15) is 19.5 Å². The molecule has 10 heteroatoms. The molecule has 0 fully saturated rings. The first-order valence-electron chi connectivity index (χ1n) is 6.90. The summed E-state index contributed by atoms with van der Waals surface area (Å²) < 4.78 is 5.09. The van der Waals surface area contributed by atoms with Crippen molar-refractivity contribution in [3.8, 4) is 0 Å². The van der Waals surface area contributed by atoms with Gasteiger partial charge in [0, 0.05) is 16.8 Å². The molecule has 0 aliphatic rings. The Kier molecular flexibility index (Phi) is 6.38. The second-order valence-corrected chi connectivity index (χ2v) is 5.33. The molecule has 0 aliphatic heterocycles. The average molecular weight is 382 g/mol. The number of nitrogens with zero attached hydrogens (tertiary/aromatic N) is 1. The van der Waals surface area contributed by atoms with E-state index in [1.54, 1.807) is 6.07 Å². The standard InChI is InChI=1S/C16H10ClN3O5.Na/c17-11-6-9(2-3-10(11)15(22)23)19-16(24)20-14(21)8-1-4-12-13(5-8)25-7-18-12;/h1-7H,(H,22,23)(H2,19,20,21,24);/q;+1/p-1. The number of hydrogen-bond donors (Lipinski definition) is 2. The maximum absolute atomic E-state index is 12.1. The van der Waals surface area contributed by atoms with Gasteiger partial charge < -0.3 is 19.6 Å². The summed E-state index contributed by atoms with van der Waals surface area (Å²) in [6, 6.07) is 7.48. The van der Waals surface area contributed by atoms with Gasteiger partial charge in [-0.05, 0) is 36.4 Å². The van der Waals surface area contributed by atoms with E-state index in [4.69, 9.17) is 16.0 Å². The van der Waals surface area contributed by atoms with E-state index >= 15 is 0 Å². The Bertz CT molecular complexity index is 1000. The zero-order valence-electron chi connectivity index (χ0n) is 13.4. The predicted octanol–water partition coefficient (Wildman–Crippen LogP) is -1.19. The van der Waals surface area contributed by atoms with Gasteiger partial charge in [0.25, 0.3) is 5.91 Å². The van der Waals surface area contributed by atoms with Crippen LogP contribution >= 0.6 is 11.6 Å². The molecule has 0 bridgehead atoms. The van der Waals surface area contributed by atoms with Crippen molar-refractivity contribution in [2.24, 2.45) is 0 Å². The maximum atomic E-state index is 12.1. The van der Waals surface area contributed by atoms with E-state index in [1.807, 2.05) is 0 Å². The maximum Gasteiger partial charge on any atom is 1.00 e. The van der Waals surface area contributed by atoms with Gasteiger partial charge in [-0.15, -0.1) is 0 Å². The number of carbonyl (C=O) groups is 3. The summed E-state index contributed by atoms with van der Waals surface area (Å²) >= 11 is 5.78. The number of imide groups is 1. The summed E-state index contributed by atoms with van der Waals surface area (Å²) in [4.78, 5) is 38.7. The number of carboxylic acid groups (broad SMARTS) is 1. The Labute approximate surface area is 173 Å². The summed E-state index contributed by atoms with van der Waals surface area (Å²) in [5, 5.41) is 15.2. The predicted molar refractivity (Wildman–Crippen MR) is 86.3 cm³/mol. The van der Waals surface area contributed by atoms with Gasteiger partial charge in [-0.2, -0.15) is 0 Å². The molecule has 1 heterocycles. The molecule has 1 aromatic heterocycles. The third kappa shape index (κ3) is 4.41. The van der Waals surface area contributed by atoms with E-state index < -0.39 is 17.9 Å². The molecular weight excluding hydrogens is 373 g/mol. The number of nitrogens with one attached hydrogen (secondary N) is 2. The number of anilines is 1. The molecule has 0 unspecified atom stereocenters. The van der Waals surface area contributed by atoms with Crippen LogP contribution in [-0.2, 0) is 0 Å². The summed E-state index contributed by atoms with van der Waals surface area (Å²) in [6.07, 6.45) is 1.25. The number of halogens is 1. The monoisotopic (exact) mass is 381 g/mol. The van der Waals surface area contributed by atoms with Crippen molar-refractivity contribution in [3.63, 3.8) is 0 Å². The fourth-order valence-electron chi connectivity index (χ4n) is 2.09. The number of fused-ring (bicyclic) bond motifs is 1. The number of carboxylic acids is 1. The fourth-order valence-corrected chi connectivity index (χ4v) is 2.35. The largest absolute Gasteiger partial charge is 1.00 e. The molecule has 3 aromatic rings. The van der Waals surface area contributed by atoms with Gasteiger partial charge in [-0.1, -0.05) is 11.6 Å². The summed E-state index contributed by atoms with van der Waals surface area (Å²) in [5.41, 5.74) is 1.22. The minimum atomic E-state index is -1.43. The van der Waals surface area contributed by atoms with Gasteiger partial charge in [0.15, 0.2) is 12.0 Å². The van der Waals surface area contributed by atoms with Crippen molar-refractivity contribution in [1.82, 2.24) is 10.3 Å². The van der Waals surface area contributed by atoms with Crippen molar-refractivity contribution in [1.29, 1.82) is 0 Å². The molecule has 0 radical (unpaired) electrons. The quantitative estimate of drug-likeness (QED) is 0.550. The Hall–Kier alpha value is -2.39. The zero-order valence-corrected chi connectivity index (χ0v) is 16.2. The number of amides is 3. The van der Waals surface area contributed by atoms with E-state index in [2.05, 4.69) is 15.6 Å². The average Bonchev–Trinajstić information content (AvgIpc) is 3.01. The van der Waals surface area contributed by atoms with Crippen LogP contribution in [0.2, 0.25) is 5.02 Å². The normalized spacial score (nSPS) is 10.0. The summed E-state index contributed by atoms with van der Waals surface area (Å²) in [6.45, 7) is 0. The van der Waals surface area contributed by atoms with Gasteiger partial charge in [-0.3, -0.25) is 10.1 Å². The van der Waals surface area contributed by atoms with Crippen LogP contribution in [0, 0.1) is 0 Å². The van der Waals surface area contributed by atoms with Gasteiger partial charge in [0.2, 0.25) is 0 Å². The minimum absolute atomic E-state index is 0. The van der Waals surface area contributed by atoms with Crippen LogP contribution in [0.15, 0.2) is 47.2 Å². The van der Waals surface area contributed by atoms with Crippen LogP contribution in [0.25, 0.3) is 11.1 Å². The molecule has 2 aromatic carbocycles. The zero-order chi connectivity index (χ0) is 18.0. The van der Waals surface area contributed by atoms with Crippen molar-refractivity contribution in [2.45, 2.75) is 0 Å². The molecule has 0 atom stereocenters. The molecule has 0 saturated heterocycles. The third-order valence-electron chi connectivity index (χ3n) is 3.27. The third-order valence-corrected chi connectivity index (χ3v) is 3.58. The number of benzene rings is 2. The number of urea groups is 1. The molecular formula is C16H9ClN3NaO5. The summed E-state index contributed by atoms with van der Waals surface area (Å²) in [5.74, 6) is -2.08. The smallest absolute Gasteiger partial charge is 0.545 e. The second kappa shape index (κ2) is 8.33. The number of oxazole rings is 1. The Morgan fingerprint density at radius 2 is 1.88 bits per heavy atom. The van der Waals surface area contributed by atoms with Crippen LogP contribution < -0.4 is 45.3 Å². The number of rotatable bonds is 3. The Morgan fingerprint density at radius 1 is 1.12 bits per heavy atom. The Balaban J connectivity index is 0.00000243. The van der Waals surface area contributed by atoms with E-state index in [-0.39, 0.29) is 51.4 Å². The molecule has 0 spiro atoms. The number of carbonyl (C=O) groups excluding carboxylic acids is 3. The fraction of sp³-hybridized carbons (Fsp3) is 0. The SMILES string of the molecule is O=C(NC(=O)c1ccc2ncoc2c1)Nc1ccc(C(=O)[O-])c(Cl)c1.[Na+]. The molecule has 0 aliphatic carbocycles. The van der Waals surface area contributed by atoms with Crippen molar-refractivity contribution < 1.29 is 53.5 Å². The van der Waals surface area contributed by atoms with Crippen molar-refractivity contribution >= 4 is 46.3 Å². The van der Waals surface area contributed by atoms with Gasteiger partial charge >= 0.3 is 35.6 Å². The molecule has 8 nitrogen and oxygen atoms in total.